The minimum absolute atomic E-state index is 0.219. The number of benzene rings is 2. The summed E-state index contributed by atoms with van der Waals surface area (Å²) in [5.41, 5.74) is 1.84. The number of nitrogens with zero attached hydrogens (tertiary/aromatic N) is 2. The Kier molecular flexibility index (Phi) is 4.01. The summed E-state index contributed by atoms with van der Waals surface area (Å²) >= 11 is 3.29. The van der Waals surface area contributed by atoms with Crippen molar-refractivity contribution in [3.05, 3.63) is 76.8 Å². The number of rotatable bonds is 4. The highest BCUT2D eigenvalue weighted by molar-refractivity contribution is 9.10. The Labute approximate surface area is 130 Å². The van der Waals surface area contributed by atoms with Crippen LogP contribution in [0.3, 0.4) is 0 Å². The lowest BCUT2D eigenvalue weighted by atomic mass is 10.3. The van der Waals surface area contributed by atoms with Gasteiger partial charge in [-0.25, -0.2) is 9.07 Å². The fourth-order valence-electron chi connectivity index (χ4n) is 1.91. The van der Waals surface area contributed by atoms with E-state index in [1.54, 1.807) is 23.0 Å². The summed E-state index contributed by atoms with van der Waals surface area (Å²) in [4.78, 5) is 0. The smallest absolute Gasteiger partial charge is 0.165 e. The van der Waals surface area contributed by atoms with Gasteiger partial charge in [-0.15, -0.1) is 0 Å². The number of ether oxygens (including phenoxy) is 1. The van der Waals surface area contributed by atoms with E-state index in [1.165, 1.54) is 6.07 Å². The van der Waals surface area contributed by atoms with Crippen LogP contribution in [0.1, 0.15) is 5.56 Å². The van der Waals surface area contributed by atoms with Crippen molar-refractivity contribution < 1.29 is 9.13 Å². The summed E-state index contributed by atoms with van der Waals surface area (Å²) in [6.07, 6.45) is 3.58. The molecule has 1 heterocycles. The largest absolute Gasteiger partial charge is 0.486 e. The zero-order valence-corrected chi connectivity index (χ0v) is 12.6. The van der Waals surface area contributed by atoms with Crippen LogP contribution in [0.5, 0.6) is 5.75 Å². The summed E-state index contributed by atoms with van der Waals surface area (Å²) in [6, 6.07) is 14.4. The molecule has 0 N–H and O–H groups in total. The highest BCUT2D eigenvalue weighted by atomic mass is 79.9. The molecule has 0 aliphatic rings. The maximum absolute atomic E-state index is 13.6. The Balaban J connectivity index is 1.72. The number of hydrogen-bond donors (Lipinski definition) is 0. The number of aromatic nitrogens is 2. The molecule has 2 aromatic carbocycles. The van der Waals surface area contributed by atoms with Crippen molar-refractivity contribution in [2.24, 2.45) is 0 Å². The second kappa shape index (κ2) is 6.10. The van der Waals surface area contributed by atoms with Crippen molar-refractivity contribution in [1.82, 2.24) is 9.78 Å². The first-order chi connectivity index (χ1) is 10.2. The van der Waals surface area contributed by atoms with Crippen molar-refractivity contribution in [2.75, 3.05) is 0 Å². The topological polar surface area (TPSA) is 27.1 Å². The molecule has 0 amide bonds. The first-order valence-electron chi connectivity index (χ1n) is 6.39. The van der Waals surface area contributed by atoms with E-state index in [0.29, 0.717) is 0 Å². The average Bonchev–Trinajstić information content (AvgIpc) is 2.98. The zero-order chi connectivity index (χ0) is 14.7. The molecule has 5 heteroatoms. The lowest BCUT2D eigenvalue weighted by Gasteiger charge is -2.06. The van der Waals surface area contributed by atoms with Crippen molar-refractivity contribution in [1.29, 1.82) is 0 Å². The van der Waals surface area contributed by atoms with Gasteiger partial charge in [-0.3, -0.25) is 0 Å². The molecule has 0 atom stereocenters. The second-order valence-electron chi connectivity index (χ2n) is 4.49. The highest BCUT2D eigenvalue weighted by Crippen LogP contribution is 2.23. The van der Waals surface area contributed by atoms with Crippen LogP contribution in [0.15, 0.2) is 65.4 Å². The predicted molar refractivity (Wildman–Crippen MR) is 82.0 cm³/mol. The molecule has 0 saturated heterocycles. The third kappa shape index (κ3) is 3.31. The Morgan fingerprint density at radius 1 is 1.14 bits per heavy atom. The van der Waals surface area contributed by atoms with Gasteiger partial charge in [0.15, 0.2) is 11.6 Å². The van der Waals surface area contributed by atoms with Crippen LogP contribution in [-0.2, 0) is 6.61 Å². The lowest BCUT2D eigenvalue weighted by Crippen LogP contribution is -1.97. The summed E-state index contributed by atoms with van der Waals surface area (Å²) in [6.45, 7) is 0.264. The van der Waals surface area contributed by atoms with Crippen molar-refractivity contribution in [3.63, 3.8) is 0 Å². The highest BCUT2D eigenvalue weighted by Gasteiger charge is 2.06. The summed E-state index contributed by atoms with van der Waals surface area (Å²) in [5, 5.41) is 4.27. The molecule has 106 valence electrons. The van der Waals surface area contributed by atoms with Gasteiger partial charge in [-0.2, -0.15) is 5.10 Å². The van der Waals surface area contributed by atoms with Crippen molar-refractivity contribution >= 4 is 15.9 Å². The molecule has 0 spiro atoms. The molecular weight excluding hydrogens is 335 g/mol. The van der Waals surface area contributed by atoms with Crippen molar-refractivity contribution in [2.45, 2.75) is 6.61 Å². The summed E-state index contributed by atoms with van der Waals surface area (Å²) in [5.74, 6) is -0.162. The first kappa shape index (κ1) is 13.8. The molecule has 0 unspecified atom stereocenters. The number of halogens is 2. The van der Waals surface area contributed by atoms with E-state index in [4.69, 9.17) is 4.74 Å². The van der Waals surface area contributed by atoms with E-state index in [-0.39, 0.29) is 18.2 Å². The van der Waals surface area contributed by atoms with Crippen LogP contribution < -0.4 is 4.74 Å². The van der Waals surface area contributed by atoms with Gasteiger partial charge in [0.25, 0.3) is 0 Å². The molecule has 0 radical (unpaired) electrons. The molecule has 1 aromatic heterocycles. The number of para-hydroxylation sites is 1. The Bertz CT molecular complexity index is 743. The van der Waals surface area contributed by atoms with E-state index >= 15 is 0 Å². The maximum atomic E-state index is 13.6. The van der Waals surface area contributed by atoms with Gasteiger partial charge in [-0.1, -0.05) is 34.1 Å². The molecule has 21 heavy (non-hydrogen) atoms. The predicted octanol–water partition coefficient (Wildman–Crippen LogP) is 4.35. The summed E-state index contributed by atoms with van der Waals surface area (Å²) in [7, 11) is 0. The zero-order valence-electron chi connectivity index (χ0n) is 11.0. The molecule has 3 aromatic rings. The molecule has 3 rings (SSSR count). The molecule has 0 aliphatic heterocycles. The normalized spacial score (nSPS) is 10.6. The third-order valence-electron chi connectivity index (χ3n) is 2.94. The standard InChI is InChI=1S/C16H12BrFN2O/c17-13-6-7-15(18)16(8-13)21-11-12-9-19-20(10-12)14-4-2-1-3-5-14/h1-10H,11H2. The molecule has 0 bridgehead atoms. The second-order valence-corrected chi connectivity index (χ2v) is 5.41. The molecule has 3 nitrogen and oxygen atoms in total. The van der Waals surface area contributed by atoms with Crippen LogP contribution >= 0.6 is 15.9 Å². The molecular formula is C16H12BrFN2O. The minimum Gasteiger partial charge on any atom is -0.486 e. The van der Waals surface area contributed by atoms with E-state index in [1.807, 2.05) is 36.5 Å². The molecule has 0 saturated carbocycles. The molecule has 0 fully saturated rings. The SMILES string of the molecule is Fc1ccc(Br)cc1OCc1cnn(-c2ccccc2)c1. The Morgan fingerprint density at radius 2 is 1.95 bits per heavy atom. The third-order valence-corrected chi connectivity index (χ3v) is 3.44. The molecule has 0 aliphatic carbocycles. The fourth-order valence-corrected chi connectivity index (χ4v) is 2.25. The van der Waals surface area contributed by atoms with Crippen LogP contribution in [0.25, 0.3) is 5.69 Å². The number of hydrogen-bond acceptors (Lipinski definition) is 2. The summed E-state index contributed by atoms with van der Waals surface area (Å²) < 4.78 is 21.6. The first-order valence-corrected chi connectivity index (χ1v) is 7.18. The van der Waals surface area contributed by atoms with Crippen molar-refractivity contribution in [3.8, 4) is 11.4 Å². The van der Waals surface area contributed by atoms with Gasteiger partial charge in [0.1, 0.15) is 6.61 Å². The average molecular weight is 347 g/mol. The van der Waals surface area contributed by atoms with Gasteiger partial charge in [-0.05, 0) is 30.3 Å². The minimum atomic E-state index is -0.381. The van der Waals surface area contributed by atoms with Gasteiger partial charge < -0.3 is 4.74 Å². The van der Waals surface area contributed by atoms with E-state index in [0.717, 1.165) is 15.7 Å². The van der Waals surface area contributed by atoms with E-state index in [9.17, 15) is 4.39 Å². The van der Waals surface area contributed by atoms with Gasteiger partial charge in [0.05, 0.1) is 11.9 Å². The Morgan fingerprint density at radius 3 is 2.76 bits per heavy atom. The van der Waals surface area contributed by atoms with Crippen LogP contribution in [0, 0.1) is 5.82 Å². The van der Waals surface area contributed by atoms with E-state index in [2.05, 4.69) is 21.0 Å². The fraction of sp³-hybridized carbons (Fsp3) is 0.0625. The van der Waals surface area contributed by atoms with Gasteiger partial charge in [0, 0.05) is 16.2 Å². The van der Waals surface area contributed by atoms with Gasteiger partial charge >= 0.3 is 0 Å². The monoisotopic (exact) mass is 346 g/mol. The Hall–Kier alpha value is -2.14. The lowest BCUT2D eigenvalue weighted by molar-refractivity contribution is 0.290. The van der Waals surface area contributed by atoms with Gasteiger partial charge in [0.2, 0.25) is 0 Å². The van der Waals surface area contributed by atoms with Crippen LogP contribution in [0.4, 0.5) is 4.39 Å². The van der Waals surface area contributed by atoms with Crippen LogP contribution in [0.2, 0.25) is 0 Å². The van der Waals surface area contributed by atoms with Crippen LogP contribution in [-0.4, -0.2) is 9.78 Å². The maximum Gasteiger partial charge on any atom is 0.165 e. The van der Waals surface area contributed by atoms with E-state index < -0.39 is 0 Å². The quantitative estimate of drug-likeness (QED) is 0.702.